The lowest BCUT2D eigenvalue weighted by Gasteiger charge is -2.45. The Bertz CT molecular complexity index is 746. The number of halogens is 4. The van der Waals surface area contributed by atoms with Crippen molar-refractivity contribution in [2.24, 2.45) is 5.73 Å². The molecule has 2 aromatic carbocycles. The lowest BCUT2D eigenvalue weighted by molar-refractivity contribution is -0.137. The third-order valence-electron chi connectivity index (χ3n) is 3.80. The summed E-state index contributed by atoms with van der Waals surface area (Å²) in [6, 6.07) is 10.7. The van der Waals surface area contributed by atoms with Crippen molar-refractivity contribution in [1.29, 1.82) is 0 Å². The SMILES string of the molecule is N[C@H]1C(=O)N(c2cccc(C(F)(F)F)c2)[C@@H]1c1ccc(Br)cc1. The van der Waals surface area contributed by atoms with Crippen molar-refractivity contribution in [3.63, 3.8) is 0 Å². The highest BCUT2D eigenvalue weighted by atomic mass is 79.9. The largest absolute Gasteiger partial charge is 0.416 e. The van der Waals surface area contributed by atoms with E-state index in [-0.39, 0.29) is 5.69 Å². The van der Waals surface area contributed by atoms with Crippen LogP contribution in [-0.2, 0) is 11.0 Å². The van der Waals surface area contributed by atoms with Gasteiger partial charge in [0.25, 0.3) is 0 Å². The van der Waals surface area contributed by atoms with Gasteiger partial charge < -0.3 is 10.6 Å². The van der Waals surface area contributed by atoms with E-state index in [0.717, 1.165) is 22.2 Å². The summed E-state index contributed by atoms with van der Waals surface area (Å²) < 4.78 is 39.4. The minimum atomic E-state index is -4.46. The maximum Gasteiger partial charge on any atom is 0.416 e. The van der Waals surface area contributed by atoms with Crippen molar-refractivity contribution in [3.05, 3.63) is 64.1 Å². The van der Waals surface area contributed by atoms with Crippen molar-refractivity contribution in [3.8, 4) is 0 Å². The van der Waals surface area contributed by atoms with Crippen molar-refractivity contribution >= 4 is 27.5 Å². The van der Waals surface area contributed by atoms with Gasteiger partial charge in [-0.05, 0) is 35.9 Å². The first-order valence-electron chi connectivity index (χ1n) is 6.80. The number of alkyl halides is 3. The van der Waals surface area contributed by atoms with Crippen LogP contribution in [0.25, 0.3) is 0 Å². The first-order valence-corrected chi connectivity index (χ1v) is 7.60. The summed E-state index contributed by atoms with van der Waals surface area (Å²) >= 11 is 3.32. The molecule has 0 bridgehead atoms. The molecule has 7 heteroatoms. The maximum absolute atomic E-state index is 12.9. The van der Waals surface area contributed by atoms with E-state index in [4.69, 9.17) is 5.73 Å². The zero-order chi connectivity index (χ0) is 16.8. The Morgan fingerprint density at radius 3 is 2.35 bits per heavy atom. The number of hydrogen-bond acceptors (Lipinski definition) is 2. The summed E-state index contributed by atoms with van der Waals surface area (Å²) in [6.45, 7) is 0. The zero-order valence-corrected chi connectivity index (χ0v) is 13.3. The van der Waals surface area contributed by atoms with Gasteiger partial charge in [-0.2, -0.15) is 13.2 Å². The Labute approximate surface area is 139 Å². The molecule has 0 aromatic heterocycles. The lowest BCUT2D eigenvalue weighted by atomic mass is 9.88. The summed E-state index contributed by atoms with van der Waals surface area (Å²) in [7, 11) is 0. The second-order valence-corrected chi connectivity index (χ2v) is 6.19. The van der Waals surface area contributed by atoms with Gasteiger partial charge in [0.1, 0.15) is 6.04 Å². The van der Waals surface area contributed by atoms with Gasteiger partial charge in [0.2, 0.25) is 5.91 Å². The number of carbonyl (C=O) groups excluding carboxylic acids is 1. The minimum Gasteiger partial charge on any atom is -0.318 e. The molecule has 0 aliphatic carbocycles. The first kappa shape index (κ1) is 16.0. The van der Waals surface area contributed by atoms with Gasteiger partial charge in [0, 0.05) is 10.2 Å². The molecule has 2 atom stereocenters. The van der Waals surface area contributed by atoms with E-state index in [1.54, 1.807) is 24.3 Å². The summed E-state index contributed by atoms with van der Waals surface area (Å²) in [5.41, 5.74) is 6.04. The highest BCUT2D eigenvalue weighted by molar-refractivity contribution is 9.10. The topological polar surface area (TPSA) is 46.3 Å². The van der Waals surface area contributed by atoms with E-state index in [0.29, 0.717) is 0 Å². The van der Waals surface area contributed by atoms with Crippen LogP contribution in [-0.4, -0.2) is 11.9 Å². The van der Waals surface area contributed by atoms with E-state index in [9.17, 15) is 18.0 Å². The van der Waals surface area contributed by atoms with Crippen LogP contribution in [0.15, 0.2) is 53.0 Å². The molecule has 1 fully saturated rings. The molecule has 3 nitrogen and oxygen atoms in total. The predicted molar refractivity (Wildman–Crippen MR) is 83.8 cm³/mol. The average Bonchev–Trinajstić information content (AvgIpc) is 2.52. The smallest absolute Gasteiger partial charge is 0.318 e. The molecule has 1 saturated heterocycles. The van der Waals surface area contributed by atoms with Crippen LogP contribution >= 0.6 is 15.9 Å². The van der Waals surface area contributed by atoms with Gasteiger partial charge in [0.15, 0.2) is 0 Å². The minimum absolute atomic E-state index is 0.194. The third kappa shape index (κ3) is 2.86. The summed E-state index contributed by atoms with van der Waals surface area (Å²) in [6.07, 6.45) is -4.46. The summed E-state index contributed by atoms with van der Waals surface area (Å²) in [4.78, 5) is 13.4. The second-order valence-electron chi connectivity index (χ2n) is 5.28. The molecule has 0 unspecified atom stereocenters. The Morgan fingerprint density at radius 1 is 1.09 bits per heavy atom. The number of carbonyl (C=O) groups is 1. The van der Waals surface area contributed by atoms with E-state index in [2.05, 4.69) is 15.9 Å². The highest BCUT2D eigenvalue weighted by Crippen LogP contribution is 2.40. The number of benzene rings is 2. The number of nitrogens with two attached hydrogens (primary N) is 1. The molecule has 1 aliphatic rings. The van der Waals surface area contributed by atoms with Crippen LogP contribution in [0.1, 0.15) is 17.2 Å². The van der Waals surface area contributed by atoms with E-state index >= 15 is 0 Å². The van der Waals surface area contributed by atoms with E-state index in [1.165, 1.54) is 17.0 Å². The number of amides is 1. The van der Waals surface area contributed by atoms with Crippen LogP contribution < -0.4 is 10.6 Å². The standard InChI is InChI=1S/C16H12BrF3N2O/c17-11-6-4-9(5-7-11)14-13(21)15(23)22(14)12-3-1-2-10(8-12)16(18,19)20/h1-8,13-14H,21H2/t13-,14-/m1/s1. The molecule has 1 heterocycles. The lowest BCUT2D eigenvalue weighted by Crippen LogP contribution is -2.63. The molecule has 0 spiro atoms. The monoisotopic (exact) mass is 384 g/mol. The molecule has 2 N–H and O–H groups in total. The number of hydrogen-bond donors (Lipinski definition) is 1. The molecule has 1 aliphatic heterocycles. The van der Waals surface area contributed by atoms with Crippen molar-refractivity contribution in [2.75, 3.05) is 4.90 Å². The van der Waals surface area contributed by atoms with Crippen LogP contribution in [0.3, 0.4) is 0 Å². The van der Waals surface area contributed by atoms with Gasteiger partial charge in [-0.15, -0.1) is 0 Å². The number of β-lactam (4-membered cyclic amide) rings is 1. The molecule has 3 rings (SSSR count). The average molecular weight is 385 g/mol. The van der Waals surface area contributed by atoms with Crippen molar-refractivity contribution in [2.45, 2.75) is 18.3 Å². The molecule has 120 valence electrons. The molecule has 2 aromatic rings. The zero-order valence-electron chi connectivity index (χ0n) is 11.7. The normalized spacial score (nSPS) is 21.3. The number of anilines is 1. The van der Waals surface area contributed by atoms with Crippen molar-refractivity contribution < 1.29 is 18.0 Å². The van der Waals surface area contributed by atoms with Crippen LogP contribution in [0, 0.1) is 0 Å². The second kappa shape index (κ2) is 5.65. The van der Waals surface area contributed by atoms with E-state index in [1.807, 2.05) is 0 Å². The Balaban J connectivity index is 1.98. The fourth-order valence-corrected chi connectivity index (χ4v) is 2.91. The van der Waals surface area contributed by atoms with Crippen LogP contribution in [0.2, 0.25) is 0 Å². The molecular formula is C16H12BrF3N2O. The summed E-state index contributed by atoms with van der Waals surface area (Å²) in [5, 5.41) is 0. The number of nitrogens with zero attached hydrogens (tertiary/aromatic N) is 1. The molecule has 23 heavy (non-hydrogen) atoms. The Morgan fingerprint density at radius 2 is 1.74 bits per heavy atom. The molecule has 0 radical (unpaired) electrons. The number of rotatable bonds is 2. The van der Waals surface area contributed by atoms with Gasteiger partial charge in [-0.25, -0.2) is 0 Å². The van der Waals surface area contributed by atoms with Gasteiger partial charge in [-0.3, -0.25) is 4.79 Å². The first-order chi connectivity index (χ1) is 10.8. The Hall–Kier alpha value is -1.86. The molecular weight excluding hydrogens is 373 g/mol. The quantitative estimate of drug-likeness (QED) is 0.798. The highest BCUT2D eigenvalue weighted by Gasteiger charge is 2.47. The Kier molecular flexibility index (Phi) is 3.93. The van der Waals surface area contributed by atoms with Crippen molar-refractivity contribution in [1.82, 2.24) is 0 Å². The fourth-order valence-electron chi connectivity index (χ4n) is 2.65. The van der Waals surface area contributed by atoms with Crippen LogP contribution in [0.5, 0.6) is 0 Å². The summed E-state index contributed by atoms with van der Waals surface area (Å²) in [5.74, 6) is -0.391. The predicted octanol–water partition coefficient (Wildman–Crippen LogP) is 3.88. The molecule has 1 amide bonds. The van der Waals surface area contributed by atoms with E-state index < -0.39 is 29.7 Å². The van der Waals surface area contributed by atoms with Gasteiger partial charge in [-0.1, -0.05) is 34.1 Å². The maximum atomic E-state index is 12.9. The molecule has 0 saturated carbocycles. The fraction of sp³-hybridized carbons (Fsp3) is 0.188. The third-order valence-corrected chi connectivity index (χ3v) is 4.33. The van der Waals surface area contributed by atoms with Gasteiger partial charge >= 0.3 is 6.18 Å². The van der Waals surface area contributed by atoms with Gasteiger partial charge in [0.05, 0.1) is 11.6 Å². The van der Waals surface area contributed by atoms with Crippen LogP contribution in [0.4, 0.5) is 18.9 Å².